The van der Waals surface area contributed by atoms with Crippen molar-refractivity contribution in [1.82, 2.24) is 14.7 Å². The van der Waals surface area contributed by atoms with Crippen LogP contribution in [0.4, 0.5) is 5.69 Å². The van der Waals surface area contributed by atoms with Gasteiger partial charge in [-0.15, -0.1) is 0 Å². The number of nitrogens with zero attached hydrogens (tertiary/aromatic N) is 4. The Balaban J connectivity index is 2.32. The highest BCUT2D eigenvalue weighted by atomic mass is 16.6. The highest BCUT2D eigenvalue weighted by Gasteiger charge is 2.33. The molecule has 1 aliphatic heterocycles. The molecule has 8 heteroatoms. The standard InChI is InChI=1S/C12H18N4O4/c1-4-15-11(10(5-13-15)16(18)19)12(17)14-6-8(2)20-9(3)7-14/h5,8-9H,4,6-7H2,1-3H3/t8-,9-/m0/s1. The number of amides is 1. The summed E-state index contributed by atoms with van der Waals surface area (Å²) in [5.41, 5.74) is -0.206. The van der Waals surface area contributed by atoms with Gasteiger partial charge in [-0.25, -0.2) is 0 Å². The van der Waals surface area contributed by atoms with E-state index in [1.807, 2.05) is 13.8 Å². The van der Waals surface area contributed by atoms with Crippen LogP contribution in [-0.4, -0.2) is 50.8 Å². The predicted molar refractivity (Wildman–Crippen MR) is 70.5 cm³/mol. The van der Waals surface area contributed by atoms with Crippen molar-refractivity contribution in [3.05, 3.63) is 22.0 Å². The van der Waals surface area contributed by atoms with Gasteiger partial charge in [0.1, 0.15) is 6.20 Å². The highest BCUT2D eigenvalue weighted by Crippen LogP contribution is 2.22. The molecule has 0 aliphatic carbocycles. The Morgan fingerprint density at radius 1 is 1.50 bits per heavy atom. The zero-order valence-corrected chi connectivity index (χ0v) is 11.8. The SMILES string of the molecule is CCn1ncc([N+](=O)[O-])c1C(=O)N1C[C@H](C)O[C@@H](C)C1. The molecule has 1 fully saturated rings. The molecule has 8 nitrogen and oxygen atoms in total. The molecular formula is C12H18N4O4. The summed E-state index contributed by atoms with van der Waals surface area (Å²) in [5.74, 6) is -0.363. The number of morpholine rings is 1. The van der Waals surface area contributed by atoms with Crippen LogP contribution in [0.5, 0.6) is 0 Å². The topological polar surface area (TPSA) is 90.5 Å². The van der Waals surface area contributed by atoms with Gasteiger partial charge >= 0.3 is 5.69 Å². The minimum Gasteiger partial charge on any atom is -0.372 e. The lowest BCUT2D eigenvalue weighted by molar-refractivity contribution is -0.385. The third-order valence-electron chi connectivity index (χ3n) is 3.23. The van der Waals surface area contributed by atoms with Crippen LogP contribution in [0.2, 0.25) is 0 Å². The van der Waals surface area contributed by atoms with Crippen molar-refractivity contribution in [2.24, 2.45) is 0 Å². The molecule has 0 unspecified atom stereocenters. The van der Waals surface area contributed by atoms with Crippen LogP contribution in [0.3, 0.4) is 0 Å². The summed E-state index contributed by atoms with van der Waals surface area (Å²) < 4.78 is 6.93. The van der Waals surface area contributed by atoms with E-state index in [-0.39, 0.29) is 29.5 Å². The fraction of sp³-hybridized carbons (Fsp3) is 0.667. The fourth-order valence-corrected chi connectivity index (χ4v) is 2.46. The van der Waals surface area contributed by atoms with Gasteiger partial charge in [0, 0.05) is 19.6 Å². The molecule has 0 N–H and O–H groups in total. The van der Waals surface area contributed by atoms with Crippen LogP contribution in [0.15, 0.2) is 6.20 Å². The Bertz CT molecular complexity index is 518. The smallest absolute Gasteiger partial charge is 0.320 e. The molecular weight excluding hydrogens is 264 g/mol. The molecule has 0 spiro atoms. The molecule has 0 aromatic carbocycles. The van der Waals surface area contributed by atoms with Crippen molar-refractivity contribution in [2.45, 2.75) is 39.5 Å². The number of carbonyl (C=O) groups is 1. The molecule has 0 saturated carbocycles. The monoisotopic (exact) mass is 282 g/mol. The molecule has 2 rings (SSSR count). The second-order valence-electron chi connectivity index (χ2n) is 4.92. The largest absolute Gasteiger partial charge is 0.372 e. The van der Waals surface area contributed by atoms with E-state index in [4.69, 9.17) is 4.74 Å². The average molecular weight is 282 g/mol. The number of carbonyl (C=O) groups excluding carboxylic acids is 1. The third-order valence-corrected chi connectivity index (χ3v) is 3.23. The van der Waals surface area contributed by atoms with Gasteiger partial charge in [-0.2, -0.15) is 5.10 Å². The average Bonchev–Trinajstić information content (AvgIpc) is 2.80. The highest BCUT2D eigenvalue weighted by molar-refractivity contribution is 5.96. The van der Waals surface area contributed by atoms with Crippen LogP contribution in [0.1, 0.15) is 31.3 Å². The molecule has 1 aromatic heterocycles. The van der Waals surface area contributed by atoms with Crippen molar-refractivity contribution in [2.75, 3.05) is 13.1 Å². The van der Waals surface area contributed by atoms with Crippen LogP contribution in [0.25, 0.3) is 0 Å². The van der Waals surface area contributed by atoms with E-state index in [1.54, 1.807) is 11.8 Å². The van der Waals surface area contributed by atoms with Crippen molar-refractivity contribution in [3.8, 4) is 0 Å². The van der Waals surface area contributed by atoms with Gasteiger partial charge < -0.3 is 9.64 Å². The van der Waals surface area contributed by atoms with E-state index in [2.05, 4.69) is 5.10 Å². The second-order valence-corrected chi connectivity index (χ2v) is 4.92. The summed E-state index contributed by atoms with van der Waals surface area (Å²) in [6.07, 6.45) is 0.962. The van der Waals surface area contributed by atoms with E-state index in [0.717, 1.165) is 6.20 Å². The summed E-state index contributed by atoms with van der Waals surface area (Å²) in [7, 11) is 0. The Morgan fingerprint density at radius 2 is 2.10 bits per heavy atom. The number of ether oxygens (including phenoxy) is 1. The first-order valence-electron chi connectivity index (χ1n) is 6.59. The molecule has 0 bridgehead atoms. The predicted octanol–water partition coefficient (Wildman–Crippen LogP) is 1.06. The lowest BCUT2D eigenvalue weighted by atomic mass is 10.2. The molecule has 1 aromatic rings. The van der Waals surface area contributed by atoms with Gasteiger partial charge in [0.25, 0.3) is 5.91 Å². The van der Waals surface area contributed by atoms with Crippen molar-refractivity contribution >= 4 is 11.6 Å². The second kappa shape index (κ2) is 5.58. The number of nitro groups is 1. The summed E-state index contributed by atoms with van der Waals surface area (Å²) in [6.45, 7) is 6.80. The molecule has 2 atom stereocenters. The van der Waals surface area contributed by atoms with Gasteiger partial charge in [-0.05, 0) is 20.8 Å². The maximum Gasteiger partial charge on any atom is 0.320 e. The molecule has 20 heavy (non-hydrogen) atoms. The van der Waals surface area contributed by atoms with Gasteiger partial charge in [-0.1, -0.05) is 0 Å². The lowest BCUT2D eigenvalue weighted by Gasteiger charge is -2.35. The summed E-state index contributed by atoms with van der Waals surface area (Å²) >= 11 is 0. The summed E-state index contributed by atoms with van der Waals surface area (Å²) in [6, 6.07) is 0. The molecule has 1 amide bonds. The van der Waals surface area contributed by atoms with Crippen molar-refractivity contribution in [1.29, 1.82) is 0 Å². The zero-order chi connectivity index (χ0) is 14.9. The van der Waals surface area contributed by atoms with Crippen LogP contribution in [0, 0.1) is 10.1 Å². The van der Waals surface area contributed by atoms with Crippen molar-refractivity contribution in [3.63, 3.8) is 0 Å². The minimum absolute atomic E-state index is 0.0406. The number of hydrogen-bond donors (Lipinski definition) is 0. The zero-order valence-electron chi connectivity index (χ0n) is 11.8. The molecule has 0 radical (unpaired) electrons. The number of hydrogen-bond acceptors (Lipinski definition) is 5. The van der Waals surface area contributed by atoms with Gasteiger partial charge in [0.2, 0.25) is 5.69 Å². The maximum absolute atomic E-state index is 12.6. The Hall–Kier alpha value is -1.96. The Labute approximate surface area is 116 Å². The quantitative estimate of drug-likeness (QED) is 0.610. The Morgan fingerprint density at radius 3 is 2.60 bits per heavy atom. The number of aryl methyl sites for hydroxylation is 1. The van der Waals surface area contributed by atoms with E-state index in [1.165, 1.54) is 4.68 Å². The third kappa shape index (κ3) is 2.64. The van der Waals surface area contributed by atoms with Gasteiger partial charge in [0.15, 0.2) is 0 Å². The minimum atomic E-state index is -0.570. The maximum atomic E-state index is 12.6. The van der Waals surface area contributed by atoms with E-state index >= 15 is 0 Å². The van der Waals surface area contributed by atoms with Gasteiger partial charge in [0.05, 0.1) is 17.1 Å². The van der Waals surface area contributed by atoms with Crippen molar-refractivity contribution < 1.29 is 14.5 Å². The van der Waals surface area contributed by atoms with E-state index < -0.39 is 4.92 Å². The molecule has 1 aliphatic rings. The summed E-state index contributed by atoms with van der Waals surface area (Å²) in [4.78, 5) is 24.6. The first kappa shape index (κ1) is 14.4. The van der Waals surface area contributed by atoms with Crippen LogP contribution in [-0.2, 0) is 11.3 Å². The van der Waals surface area contributed by atoms with Crippen LogP contribution < -0.4 is 0 Å². The molecule has 1 saturated heterocycles. The number of aromatic nitrogens is 2. The number of rotatable bonds is 3. The lowest BCUT2D eigenvalue weighted by Crippen LogP contribution is -2.48. The van der Waals surface area contributed by atoms with Gasteiger partial charge in [-0.3, -0.25) is 19.6 Å². The molecule has 110 valence electrons. The normalized spacial score (nSPS) is 22.9. The summed E-state index contributed by atoms with van der Waals surface area (Å²) in [5, 5.41) is 14.9. The molecule has 2 heterocycles. The fourth-order valence-electron chi connectivity index (χ4n) is 2.46. The first-order valence-corrected chi connectivity index (χ1v) is 6.59. The van der Waals surface area contributed by atoms with Crippen LogP contribution >= 0.6 is 0 Å². The Kier molecular flexibility index (Phi) is 4.03. The van der Waals surface area contributed by atoms with E-state index in [0.29, 0.717) is 19.6 Å². The van der Waals surface area contributed by atoms with E-state index in [9.17, 15) is 14.9 Å². The first-order chi connectivity index (χ1) is 9.43.